The molecule has 2 unspecified atom stereocenters. The number of aliphatic hydroxyl groups excluding tert-OH is 2. The molecule has 5 rings (SSSR count). The van der Waals surface area contributed by atoms with Crippen molar-refractivity contribution in [1.82, 2.24) is 4.90 Å². The van der Waals surface area contributed by atoms with Crippen LogP contribution in [0, 0.1) is 0 Å². The number of aliphatic hydroxyl groups is 2. The Labute approximate surface area is 183 Å². The van der Waals surface area contributed by atoms with Crippen molar-refractivity contribution in [2.45, 2.75) is 17.7 Å². The van der Waals surface area contributed by atoms with Crippen LogP contribution in [0.25, 0.3) is 0 Å². The average molecular weight is 417 g/mol. The molecule has 0 saturated carbocycles. The summed E-state index contributed by atoms with van der Waals surface area (Å²) in [4.78, 5) is 4.62. The van der Waals surface area contributed by atoms with Crippen LogP contribution in [0.2, 0.25) is 0 Å². The minimum Gasteiger partial charge on any atom is -0.497 e. The highest BCUT2D eigenvalue weighted by molar-refractivity contribution is 5.50. The van der Waals surface area contributed by atoms with E-state index in [1.165, 1.54) is 0 Å². The minimum absolute atomic E-state index is 0.739. The van der Waals surface area contributed by atoms with Crippen LogP contribution in [-0.4, -0.2) is 48.4 Å². The van der Waals surface area contributed by atoms with Crippen molar-refractivity contribution in [1.29, 1.82) is 0 Å². The van der Waals surface area contributed by atoms with Crippen LogP contribution < -0.4 is 9.64 Å². The summed E-state index contributed by atoms with van der Waals surface area (Å²) in [6.07, 6.45) is -1.60. The standard InChI is InChI=1S/C26H28N2O3/c1-31-21-13-11-20(12-14-21)27-15-17-28(18-16-27)26(19-7-3-2-4-8-19)24(29)22-9-5-6-10-23(22)25(26)30/h2-14,24-25,29-30H,15-18H2,1H3. The van der Waals surface area contributed by atoms with Gasteiger partial charge in [0.15, 0.2) is 0 Å². The maximum Gasteiger partial charge on any atom is 0.119 e. The summed E-state index contributed by atoms with van der Waals surface area (Å²) in [5, 5.41) is 23.2. The normalized spacial score (nSPS) is 26.0. The van der Waals surface area contributed by atoms with E-state index in [0.717, 1.165) is 54.3 Å². The van der Waals surface area contributed by atoms with Gasteiger partial charge >= 0.3 is 0 Å². The predicted octanol–water partition coefficient (Wildman–Crippen LogP) is 3.49. The first-order valence-corrected chi connectivity index (χ1v) is 10.8. The van der Waals surface area contributed by atoms with Crippen LogP contribution in [0.5, 0.6) is 5.75 Å². The second-order valence-electron chi connectivity index (χ2n) is 8.30. The summed E-state index contributed by atoms with van der Waals surface area (Å²) >= 11 is 0. The first-order chi connectivity index (χ1) is 15.2. The molecule has 160 valence electrons. The van der Waals surface area contributed by atoms with Gasteiger partial charge in [-0.15, -0.1) is 0 Å². The summed E-state index contributed by atoms with van der Waals surface area (Å²) in [6.45, 7) is 3.11. The van der Waals surface area contributed by atoms with Gasteiger partial charge in [-0.25, -0.2) is 0 Å². The third-order valence-electron chi connectivity index (χ3n) is 6.90. The number of benzene rings is 3. The Morgan fingerprint density at radius 2 is 1.29 bits per heavy atom. The Morgan fingerprint density at radius 1 is 0.742 bits per heavy atom. The van der Waals surface area contributed by atoms with Gasteiger partial charge in [0.1, 0.15) is 23.5 Å². The van der Waals surface area contributed by atoms with Gasteiger partial charge in [0.05, 0.1) is 7.11 Å². The number of ether oxygens (including phenoxy) is 1. The van der Waals surface area contributed by atoms with Crippen molar-refractivity contribution < 1.29 is 14.9 Å². The molecule has 0 radical (unpaired) electrons. The number of methoxy groups -OCH3 is 1. The van der Waals surface area contributed by atoms with Crippen LogP contribution in [-0.2, 0) is 5.54 Å². The largest absolute Gasteiger partial charge is 0.497 e. The van der Waals surface area contributed by atoms with Crippen molar-refractivity contribution in [3.8, 4) is 5.75 Å². The average Bonchev–Trinajstić information content (AvgIpc) is 3.07. The minimum atomic E-state index is -0.892. The van der Waals surface area contributed by atoms with E-state index in [1.807, 2.05) is 66.7 Å². The lowest BCUT2D eigenvalue weighted by atomic mass is 9.80. The number of fused-ring (bicyclic) bond motifs is 1. The Balaban J connectivity index is 1.47. The molecule has 0 aromatic heterocycles. The van der Waals surface area contributed by atoms with Gasteiger partial charge in [-0.2, -0.15) is 0 Å². The van der Waals surface area contributed by atoms with Gasteiger partial charge in [0.25, 0.3) is 0 Å². The first kappa shape index (κ1) is 20.1. The van der Waals surface area contributed by atoms with E-state index in [4.69, 9.17) is 4.74 Å². The zero-order chi connectivity index (χ0) is 21.4. The fraction of sp³-hybridized carbons (Fsp3) is 0.308. The molecule has 2 aliphatic rings. The third kappa shape index (κ3) is 3.12. The monoisotopic (exact) mass is 416 g/mol. The summed E-state index contributed by atoms with van der Waals surface area (Å²) in [7, 11) is 1.67. The molecule has 1 aliphatic heterocycles. The molecule has 3 aromatic rings. The van der Waals surface area contributed by atoms with Gasteiger partial charge in [-0.1, -0.05) is 54.6 Å². The van der Waals surface area contributed by atoms with E-state index in [-0.39, 0.29) is 0 Å². The molecule has 0 amide bonds. The van der Waals surface area contributed by atoms with Crippen LogP contribution in [0.15, 0.2) is 78.9 Å². The zero-order valence-corrected chi connectivity index (χ0v) is 17.7. The van der Waals surface area contributed by atoms with E-state index in [9.17, 15) is 10.2 Å². The lowest BCUT2D eigenvalue weighted by Gasteiger charge is -2.50. The predicted molar refractivity (Wildman–Crippen MR) is 121 cm³/mol. The molecule has 0 bridgehead atoms. The third-order valence-corrected chi connectivity index (χ3v) is 6.90. The van der Waals surface area contributed by atoms with Crippen molar-refractivity contribution in [2.24, 2.45) is 0 Å². The van der Waals surface area contributed by atoms with Gasteiger partial charge in [-0.3, -0.25) is 4.90 Å². The fourth-order valence-electron chi connectivity index (χ4n) is 5.31. The van der Waals surface area contributed by atoms with Crippen LogP contribution in [0.1, 0.15) is 28.9 Å². The molecule has 2 N–H and O–H groups in total. The molecule has 31 heavy (non-hydrogen) atoms. The van der Waals surface area contributed by atoms with E-state index in [0.29, 0.717) is 0 Å². The molecule has 3 aromatic carbocycles. The fourth-order valence-corrected chi connectivity index (χ4v) is 5.31. The molecule has 5 heteroatoms. The molecule has 0 spiro atoms. The maximum atomic E-state index is 11.6. The second kappa shape index (κ2) is 8.00. The highest BCUT2D eigenvalue weighted by Crippen LogP contribution is 2.56. The molecule has 2 atom stereocenters. The van der Waals surface area contributed by atoms with Gasteiger partial charge in [0.2, 0.25) is 0 Å². The SMILES string of the molecule is COc1ccc(N2CCN(C3(c4ccccc4)C(O)c4ccccc4C3O)CC2)cc1. The maximum absolute atomic E-state index is 11.6. The Kier molecular flexibility index (Phi) is 5.18. The molecular weight excluding hydrogens is 388 g/mol. The topological polar surface area (TPSA) is 56.2 Å². The Morgan fingerprint density at radius 3 is 1.84 bits per heavy atom. The van der Waals surface area contributed by atoms with Gasteiger partial charge < -0.3 is 19.8 Å². The first-order valence-electron chi connectivity index (χ1n) is 10.8. The second-order valence-corrected chi connectivity index (χ2v) is 8.30. The van der Waals surface area contributed by atoms with Crippen molar-refractivity contribution in [2.75, 3.05) is 38.2 Å². The van der Waals surface area contributed by atoms with E-state index >= 15 is 0 Å². The van der Waals surface area contributed by atoms with Crippen LogP contribution in [0.3, 0.4) is 0 Å². The van der Waals surface area contributed by atoms with Crippen LogP contribution in [0.4, 0.5) is 5.69 Å². The number of rotatable bonds is 4. The number of anilines is 1. The van der Waals surface area contributed by atoms with E-state index < -0.39 is 17.7 Å². The summed E-state index contributed by atoms with van der Waals surface area (Å²) in [5.41, 5.74) is 2.85. The summed E-state index contributed by atoms with van der Waals surface area (Å²) < 4.78 is 5.28. The van der Waals surface area contributed by atoms with E-state index in [2.05, 4.69) is 21.9 Å². The quantitative estimate of drug-likeness (QED) is 0.682. The molecule has 1 fully saturated rings. The molecule has 1 heterocycles. The van der Waals surface area contributed by atoms with Gasteiger partial charge in [0, 0.05) is 31.9 Å². The number of nitrogens with zero attached hydrogens (tertiary/aromatic N) is 2. The smallest absolute Gasteiger partial charge is 0.119 e. The van der Waals surface area contributed by atoms with Crippen molar-refractivity contribution >= 4 is 5.69 Å². The van der Waals surface area contributed by atoms with Crippen molar-refractivity contribution in [3.63, 3.8) is 0 Å². The highest BCUT2D eigenvalue weighted by Gasteiger charge is 2.57. The molecule has 1 aliphatic carbocycles. The highest BCUT2D eigenvalue weighted by atomic mass is 16.5. The Hall–Kier alpha value is -2.86. The van der Waals surface area contributed by atoms with Crippen LogP contribution >= 0.6 is 0 Å². The lowest BCUT2D eigenvalue weighted by Crippen LogP contribution is -2.58. The van der Waals surface area contributed by atoms with Crippen molar-refractivity contribution in [3.05, 3.63) is 95.6 Å². The zero-order valence-electron chi connectivity index (χ0n) is 17.7. The van der Waals surface area contributed by atoms with E-state index in [1.54, 1.807) is 7.11 Å². The number of hydrogen-bond acceptors (Lipinski definition) is 5. The summed E-state index contributed by atoms with van der Waals surface area (Å²) in [5.74, 6) is 0.848. The lowest BCUT2D eigenvalue weighted by molar-refractivity contribution is -0.102. The Bertz CT molecular complexity index is 1000. The molecule has 5 nitrogen and oxygen atoms in total. The molecule has 1 saturated heterocycles. The molecular formula is C26H28N2O3. The van der Waals surface area contributed by atoms with Gasteiger partial charge in [-0.05, 0) is 41.0 Å². The summed E-state index contributed by atoms with van der Waals surface area (Å²) in [6, 6.07) is 25.8. The number of hydrogen-bond donors (Lipinski definition) is 2. The number of piperazine rings is 1.